The predicted molar refractivity (Wildman–Crippen MR) is 45.2 cm³/mol. The number of aromatic amines is 1. The molecule has 5 nitrogen and oxygen atoms in total. The largest absolute Gasteiger partial charge is 0.467 e. The van der Waals surface area contributed by atoms with Crippen LogP contribution >= 0.6 is 0 Å². The van der Waals surface area contributed by atoms with Crippen LogP contribution < -0.4 is 4.74 Å². The van der Waals surface area contributed by atoms with E-state index >= 15 is 0 Å². The monoisotopic (exact) mass is 174 g/mol. The summed E-state index contributed by atoms with van der Waals surface area (Å²) in [5, 5.41) is 8.72. The van der Waals surface area contributed by atoms with Crippen LogP contribution in [0.3, 0.4) is 0 Å². The van der Waals surface area contributed by atoms with E-state index in [0.717, 1.165) is 5.52 Å². The van der Waals surface area contributed by atoms with E-state index in [9.17, 15) is 0 Å². The number of H-pyrrole nitrogens is 1. The van der Waals surface area contributed by atoms with Crippen LogP contribution in [0.1, 0.15) is 5.56 Å². The van der Waals surface area contributed by atoms with Gasteiger partial charge in [-0.05, 0) is 0 Å². The highest BCUT2D eigenvalue weighted by atomic mass is 16.5. The second kappa shape index (κ2) is 2.75. The van der Waals surface area contributed by atoms with E-state index in [4.69, 9.17) is 10.00 Å². The number of methoxy groups -OCH3 is 1. The smallest absolute Gasteiger partial charge is 0.316 e. The Morgan fingerprint density at radius 2 is 2.46 bits per heavy atom. The highest BCUT2D eigenvalue weighted by Gasteiger charge is 2.05. The van der Waals surface area contributed by atoms with Crippen molar-refractivity contribution in [1.82, 2.24) is 15.0 Å². The first-order valence-corrected chi connectivity index (χ1v) is 3.63. The van der Waals surface area contributed by atoms with Gasteiger partial charge in [0.05, 0.1) is 24.4 Å². The van der Waals surface area contributed by atoms with Gasteiger partial charge in [-0.1, -0.05) is 0 Å². The number of rotatable bonds is 1. The van der Waals surface area contributed by atoms with E-state index in [1.165, 1.54) is 7.11 Å². The number of fused-ring (bicyclic) bond motifs is 1. The molecule has 2 aromatic rings. The summed E-state index contributed by atoms with van der Waals surface area (Å²) in [6, 6.07) is 2.29. The summed E-state index contributed by atoms with van der Waals surface area (Å²) in [4.78, 5) is 10.8. The Bertz CT molecular complexity index is 482. The topological polar surface area (TPSA) is 74.6 Å². The molecular weight excluding hydrogens is 168 g/mol. The molecule has 64 valence electrons. The SMILES string of the molecule is COc1ncc2[nH]cc(C#N)c2n1. The summed E-state index contributed by atoms with van der Waals surface area (Å²) in [5.74, 6) is 0. The van der Waals surface area contributed by atoms with Crippen LogP contribution in [-0.2, 0) is 0 Å². The molecule has 0 saturated heterocycles. The minimum Gasteiger partial charge on any atom is -0.467 e. The van der Waals surface area contributed by atoms with E-state index in [-0.39, 0.29) is 6.01 Å². The average Bonchev–Trinajstić information content (AvgIpc) is 2.59. The summed E-state index contributed by atoms with van der Waals surface area (Å²) >= 11 is 0. The molecule has 0 unspecified atom stereocenters. The minimum absolute atomic E-state index is 0.267. The molecule has 5 heteroatoms. The molecule has 0 saturated carbocycles. The van der Waals surface area contributed by atoms with Crippen LogP contribution in [0.25, 0.3) is 11.0 Å². The van der Waals surface area contributed by atoms with Gasteiger partial charge < -0.3 is 9.72 Å². The highest BCUT2D eigenvalue weighted by molar-refractivity contribution is 5.80. The number of nitrogens with zero attached hydrogens (tertiary/aromatic N) is 3. The molecular formula is C8H6N4O. The van der Waals surface area contributed by atoms with E-state index in [1.54, 1.807) is 12.4 Å². The number of nitrogens with one attached hydrogen (secondary N) is 1. The second-order valence-electron chi connectivity index (χ2n) is 2.43. The van der Waals surface area contributed by atoms with Crippen LogP contribution in [0.5, 0.6) is 6.01 Å². The number of aromatic nitrogens is 3. The molecule has 0 aromatic carbocycles. The summed E-state index contributed by atoms with van der Waals surface area (Å²) in [6.45, 7) is 0. The Labute approximate surface area is 74.0 Å². The van der Waals surface area contributed by atoms with Gasteiger partial charge in [-0.25, -0.2) is 4.98 Å². The predicted octanol–water partition coefficient (Wildman–Crippen LogP) is 0.838. The summed E-state index contributed by atoms with van der Waals surface area (Å²) in [5.41, 5.74) is 1.82. The molecule has 13 heavy (non-hydrogen) atoms. The number of hydrogen-bond donors (Lipinski definition) is 1. The first kappa shape index (κ1) is 7.55. The van der Waals surface area contributed by atoms with Crippen molar-refractivity contribution >= 4 is 11.0 Å². The highest BCUT2D eigenvalue weighted by Crippen LogP contribution is 2.15. The fourth-order valence-electron chi connectivity index (χ4n) is 1.08. The third kappa shape index (κ3) is 1.08. The summed E-state index contributed by atoms with van der Waals surface area (Å²) < 4.78 is 4.85. The van der Waals surface area contributed by atoms with Crippen molar-refractivity contribution < 1.29 is 4.74 Å². The first-order chi connectivity index (χ1) is 6.35. The van der Waals surface area contributed by atoms with Gasteiger partial charge in [0.1, 0.15) is 11.6 Å². The molecule has 0 aliphatic rings. The van der Waals surface area contributed by atoms with Gasteiger partial charge in [0, 0.05) is 6.20 Å². The van der Waals surface area contributed by atoms with Crippen molar-refractivity contribution in [2.75, 3.05) is 7.11 Å². The number of nitriles is 1. The standard InChI is InChI=1S/C8H6N4O/c1-13-8-11-4-6-7(12-8)5(2-9)3-10-6/h3-4,10H,1H3. The van der Waals surface area contributed by atoms with E-state index in [1.807, 2.05) is 6.07 Å². The summed E-state index contributed by atoms with van der Waals surface area (Å²) in [7, 11) is 1.49. The molecule has 2 aromatic heterocycles. The molecule has 0 bridgehead atoms. The average molecular weight is 174 g/mol. The van der Waals surface area contributed by atoms with Crippen molar-refractivity contribution in [3.05, 3.63) is 18.0 Å². The zero-order valence-corrected chi connectivity index (χ0v) is 6.90. The van der Waals surface area contributed by atoms with Crippen molar-refractivity contribution in [2.45, 2.75) is 0 Å². The summed E-state index contributed by atoms with van der Waals surface area (Å²) in [6.07, 6.45) is 3.18. The van der Waals surface area contributed by atoms with Crippen LogP contribution in [0.4, 0.5) is 0 Å². The zero-order valence-electron chi connectivity index (χ0n) is 6.90. The molecule has 0 spiro atoms. The van der Waals surface area contributed by atoms with E-state index < -0.39 is 0 Å². The Hall–Kier alpha value is -2.09. The Morgan fingerprint density at radius 1 is 1.62 bits per heavy atom. The van der Waals surface area contributed by atoms with E-state index in [2.05, 4.69) is 15.0 Å². The molecule has 2 heterocycles. The molecule has 0 amide bonds. The molecule has 0 aliphatic heterocycles. The van der Waals surface area contributed by atoms with Gasteiger partial charge in [0.2, 0.25) is 0 Å². The van der Waals surface area contributed by atoms with Crippen LogP contribution in [0, 0.1) is 11.3 Å². The van der Waals surface area contributed by atoms with Gasteiger partial charge >= 0.3 is 6.01 Å². The maximum Gasteiger partial charge on any atom is 0.316 e. The fraction of sp³-hybridized carbons (Fsp3) is 0.125. The van der Waals surface area contributed by atoms with Crippen molar-refractivity contribution in [3.8, 4) is 12.1 Å². The van der Waals surface area contributed by atoms with Crippen LogP contribution in [0.2, 0.25) is 0 Å². The third-order valence-corrected chi connectivity index (χ3v) is 1.70. The molecule has 2 rings (SSSR count). The lowest BCUT2D eigenvalue weighted by molar-refractivity contribution is 0.382. The number of hydrogen-bond acceptors (Lipinski definition) is 4. The lowest BCUT2D eigenvalue weighted by Gasteiger charge is -1.95. The van der Waals surface area contributed by atoms with Crippen molar-refractivity contribution in [2.24, 2.45) is 0 Å². The third-order valence-electron chi connectivity index (χ3n) is 1.70. The van der Waals surface area contributed by atoms with Gasteiger partial charge in [-0.15, -0.1) is 0 Å². The number of ether oxygens (including phenoxy) is 1. The van der Waals surface area contributed by atoms with Crippen LogP contribution in [-0.4, -0.2) is 22.1 Å². The van der Waals surface area contributed by atoms with Crippen LogP contribution in [0.15, 0.2) is 12.4 Å². The van der Waals surface area contributed by atoms with Gasteiger partial charge in [0.25, 0.3) is 0 Å². The normalized spacial score (nSPS) is 9.85. The quantitative estimate of drug-likeness (QED) is 0.695. The van der Waals surface area contributed by atoms with E-state index in [0.29, 0.717) is 11.1 Å². The van der Waals surface area contributed by atoms with Gasteiger partial charge in [-0.3, -0.25) is 0 Å². The lowest BCUT2D eigenvalue weighted by Crippen LogP contribution is -1.91. The second-order valence-corrected chi connectivity index (χ2v) is 2.43. The molecule has 1 N–H and O–H groups in total. The fourth-order valence-corrected chi connectivity index (χ4v) is 1.08. The molecule has 0 fully saturated rings. The maximum atomic E-state index is 8.72. The maximum absolute atomic E-state index is 8.72. The lowest BCUT2D eigenvalue weighted by atomic mass is 10.3. The molecule has 0 aliphatic carbocycles. The molecule has 0 radical (unpaired) electrons. The Balaban J connectivity index is 2.73. The van der Waals surface area contributed by atoms with Gasteiger partial charge in [-0.2, -0.15) is 10.2 Å². The van der Waals surface area contributed by atoms with Crippen molar-refractivity contribution in [3.63, 3.8) is 0 Å². The minimum atomic E-state index is 0.267. The Kier molecular flexibility index (Phi) is 1.60. The van der Waals surface area contributed by atoms with Gasteiger partial charge in [0.15, 0.2) is 0 Å². The first-order valence-electron chi connectivity index (χ1n) is 3.63. The van der Waals surface area contributed by atoms with Crippen molar-refractivity contribution in [1.29, 1.82) is 5.26 Å². The Morgan fingerprint density at radius 3 is 3.15 bits per heavy atom. The zero-order chi connectivity index (χ0) is 9.26. The molecule has 0 atom stereocenters.